The lowest BCUT2D eigenvalue weighted by Gasteiger charge is -2.34. The van der Waals surface area contributed by atoms with Crippen LogP contribution in [-0.4, -0.2) is 46.5 Å². The molecular formula is C16H24ClN3O3. The molecule has 0 N–H and O–H groups in total. The van der Waals surface area contributed by atoms with E-state index in [0.717, 1.165) is 25.1 Å². The van der Waals surface area contributed by atoms with E-state index in [-0.39, 0.29) is 6.09 Å². The maximum atomic E-state index is 12.1. The Bertz CT molecular complexity index is 516. The van der Waals surface area contributed by atoms with Crippen molar-refractivity contribution in [1.29, 1.82) is 0 Å². The van der Waals surface area contributed by atoms with Crippen molar-refractivity contribution in [3.8, 4) is 0 Å². The molecule has 1 aliphatic heterocycles. The minimum atomic E-state index is -0.465. The standard InChI is InChI=1S/C16H24ClN3O3/c1-16(2,3)23-15(21)20-8-4-5-12(9-20)10-22-11-13-6-7-14(17)19-18-13/h6-7,12H,4-5,8-11H2,1-3H3/t12-/m1/s1. The summed E-state index contributed by atoms with van der Waals surface area (Å²) < 4.78 is 11.1. The lowest BCUT2D eigenvalue weighted by Crippen LogP contribution is -2.43. The van der Waals surface area contributed by atoms with Gasteiger partial charge in [-0.3, -0.25) is 0 Å². The Morgan fingerprint density at radius 3 is 2.83 bits per heavy atom. The molecular weight excluding hydrogens is 318 g/mol. The molecule has 0 saturated carbocycles. The Balaban J connectivity index is 1.75. The second-order valence-electron chi connectivity index (χ2n) is 6.80. The average Bonchev–Trinajstić information content (AvgIpc) is 2.48. The van der Waals surface area contributed by atoms with Gasteiger partial charge in [0.05, 0.1) is 18.9 Å². The van der Waals surface area contributed by atoms with E-state index in [0.29, 0.717) is 30.8 Å². The zero-order valence-corrected chi connectivity index (χ0v) is 14.7. The molecule has 2 rings (SSSR count). The topological polar surface area (TPSA) is 64.5 Å². The summed E-state index contributed by atoms with van der Waals surface area (Å²) in [5.41, 5.74) is 0.280. The first-order chi connectivity index (χ1) is 10.8. The van der Waals surface area contributed by atoms with Gasteiger partial charge in [-0.2, -0.15) is 5.10 Å². The molecule has 6 nitrogen and oxygen atoms in total. The van der Waals surface area contributed by atoms with E-state index in [1.165, 1.54) is 0 Å². The fraction of sp³-hybridized carbons (Fsp3) is 0.688. The van der Waals surface area contributed by atoms with Gasteiger partial charge >= 0.3 is 6.09 Å². The van der Waals surface area contributed by atoms with Crippen LogP contribution in [0.4, 0.5) is 4.79 Å². The Morgan fingerprint density at radius 2 is 2.17 bits per heavy atom. The SMILES string of the molecule is CC(C)(C)OC(=O)N1CCC[C@@H](COCc2ccc(Cl)nn2)C1. The van der Waals surface area contributed by atoms with Crippen LogP contribution in [0.25, 0.3) is 0 Å². The number of carbonyl (C=O) groups is 1. The number of aromatic nitrogens is 2. The second-order valence-corrected chi connectivity index (χ2v) is 7.18. The summed E-state index contributed by atoms with van der Waals surface area (Å²) in [6, 6.07) is 3.49. The van der Waals surface area contributed by atoms with Gasteiger partial charge in [0.2, 0.25) is 0 Å². The molecule has 0 aromatic carbocycles. The van der Waals surface area contributed by atoms with Gasteiger partial charge in [0.25, 0.3) is 0 Å². The molecule has 1 aliphatic rings. The summed E-state index contributed by atoms with van der Waals surface area (Å²) in [5.74, 6) is 0.316. The maximum Gasteiger partial charge on any atom is 0.410 e. The highest BCUT2D eigenvalue weighted by Gasteiger charge is 2.27. The summed E-state index contributed by atoms with van der Waals surface area (Å²) in [6.45, 7) is 8.03. The summed E-state index contributed by atoms with van der Waals surface area (Å²) in [7, 11) is 0. The van der Waals surface area contributed by atoms with E-state index in [9.17, 15) is 4.79 Å². The Labute approximate surface area is 142 Å². The molecule has 1 amide bonds. The van der Waals surface area contributed by atoms with Crippen molar-refractivity contribution in [1.82, 2.24) is 15.1 Å². The summed E-state index contributed by atoms with van der Waals surface area (Å²) >= 11 is 5.70. The molecule has 0 aliphatic carbocycles. The summed E-state index contributed by atoms with van der Waals surface area (Å²) in [5, 5.41) is 8.10. The van der Waals surface area contributed by atoms with E-state index in [2.05, 4.69) is 10.2 Å². The lowest BCUT2D eigenvalue weighted by atomic mass is 9.99. The zero-order valence-electron chi connectivity index (χ0n) is 13.9. The van der Waals surface area contributed by atoms with E-state index < -0.39 is 5.60 Å². The molecule has 1 aromatic heterocycles. The number of halogens is 1. The molecule has 0 spiro atoms. The van der Waals surface area contributed by atoms with Gasteiger partial charge < -0.3 is 14.4 Å². The number of rotatable bonds is 4. The van der Waals surface area contributed by atoms with Gasteiger partial charge in [-0.1, -0.05) is 11.6 Å². The zero-order chi connectivity index (χ0) is 16.9. The third-order valence-corrected chi connectivity index (χ3v) is 3.66. The number of hydrogen-bond acceptors (Lipinski definition) is 5. The van der Waals surface area contributed by atoms with E-state index in [1.54, 1.807) is 17.0 Å². The molecule has 0 bridgehead atoms. The highest BCUT2D eigenvalue weighted by molar-refractivity contribution is 6.29. The largest absolute Gasteiger partial charge is 0.444 e. The molecule has 0 radical (unpaired) electrons. The molecule has 128 valence electrons. The first-order valence-electron chi connectivity index (χ1n) is 7.87. The Hall–Kier alpha value is -1.40. The number of likely N-dealkylation sites (tertiary alicyclic amines) is 1. The molecule has 1 saturated heterocycles. The van der Waals surface area contributed by atoms with Gasteiger partial charge in [-0.25, -0.2) is 4.79 Å². The first-order valence-corrected chi connectivity index (χ1v) is 8.25. The molecule has 7 heteroatoms. The average molecular weight is 342 g/mol. The predicted octanol–water partition coefficient (Wildman–Crippen LogP) is 3.29. The second kappa shape index (κ2) is 7.93. The minimum absolute atomic E-state index is 0.245. The lowest BCUT2D eigenvalue weighted by molar-refractivity contribution is 0.00563. The van der Waals surface area contributed by atoms with Gasteiger partial charge in [0.15, 0.2) is 5.15 Å². The van der Waals surface area contributed by atoms with Gasteiger partial charge in [-0.15, -0.1) is 5.10 Å². The molecule has 2 heterocycles. The van der Waals surface area contributed by atoms with Crippen molar-refractivity contribution in [3.63, 3.8) is 0 Å². The normalized spacial score (nSPS) is 18.8. The number of ether oxygens (including phenoxy) is 2. The van der Waals surface area contributed by atoms with Crippen molar-refractivity contribution in [2.45, 2.75) is 45.8 Å². The first kappa shape index (κ1) is 17.9. The number of nitrogens with zero attached hydrogens (tertiary/aromatic N) is 3. The van der Waals surface area contributed by atoms with Gasteiger partial charge in [0.1, 0.15) is 5.60 Å². The predicted molar refractivity (Wildman–Crippen MR) is 87.2 cm³/mol. The Kier molecular flexibility index (Phi) is 6.18. The van der Waals surface area contributed by atoms with E-state index >= 15 is 0 Å². The summed E-state index contributed by atoms with van der Waals surface area (Å²) in [6.07, 6.45) is 1.77. The van der Waals surface area contributed by atoms with Crippen LogP contribution in [0, 0.1) is 5.92 Å². The van der Waals surface area contributed by atoms with Crippen molar-refractivity contribution in [3.05, 3.63) is 23.0 Å². The number of carbonyl (C=O) groups excluding carboxylic acids is 1. The minimum Gasteiger partial charge on any atom is -0.444 e. The smallest absolute Gasteiger partial charge is 0.410 e. The monoisotopic (exact) mass is 341 g/mol. The van der Waals surface area contributed by atoms with Crippen LogP contribution in [0.3, 0.4) is 0 Å². The fourth-order valence-electron chi connectivity index (χ4n) is 2.44. The highest BCUT2D eigenvalue weighted by Crippen LogP contribution is 2.20. The molecule has 1 fully saturated rings. The van der Waals surface area contributed by atoms with Crippen LogP contribution in [0.1, 0.15) is 39.3 Å². The highest BCUT2D eigenvalue weighted by atomic mass is 35.5. The van der Waals surface area contributed by atoms with Crippen LogP contribution in [0.5, 0.6) is 0 Å². The van der Waals surface area contributed by atoms with Crippen molar-refractivity contribution >= 4 is 17.7 Å². The van der Waals surface area contributed by atoms with Crippen molar-refractivity contribution in [2.75, 3.05) is 19.7 Å². The molecule has 1 atom stereocenters. The van der Waals surface area contributed by atoms with Gasteiger partial charge in [-0.05, 0) is 45.7 Å². The number of amides is 1. The quantitative estimate of drug-likeness (QED) is 0.840. The number of hydrogen-bond donors (Lipinski definition) is 0. The maximum absolute atomic E-state index is 12.1. The fourth-order valence-corrected chi connectivity index (χ4v) is 2.54. The van der Waals surface area contributed by atoms with Crippen LogP contribution < -0.4 is 0 Å². The van der Waals surface area contributed by atoms with Crippen LogP contribution in [-0.2, 0) is 16.1 Å². The van der Waals surface area contributed by atoms with Gasteiger partial charge in [0, 0.05) is 19.0 Å². The van der Waals surface area contributed by atoms with E-state index in [4.69, 9.17) is 21.1 Å². The van der Waals surface area contributed by atoms with Crippen molar-refractivity contribution in [2.24, 2.45) is 5.92 Å². The number of piperidine rings is 1. The van der Waals surface area contributed by atoms with E-state index in [1.807, 2.05) is 20.8 Å². The van der Waals surface area contributed by atoms with Crippen LogP contribution in [0.15, 0.2) is 12.1 Å². The molecule has 0 unspecified atom stereocenters. The molecule has 1 aromatic rings. The summed E-state index contributed by atoms with van der Waals surface area (Å²) in [4.78, 5) is 13.9. The van der Waals surface area contributed by atoms with Crippen LogP contribution >= 0.6 is 11.6 Å². The Morgan fingerprint density at radius 1 is 1.39 bits per heavy atom. The van der Waals surface area contributed by atoms with Crippen molar-refractivity contribution < 1.29 is 14.3 Å². The third-order valence-electron chi connectivity index (χ3n) is 3.46. The molecule has 23 heavy (non-hydrogen) atoms. The third kappa shape index (κ3) is 6.31. The van der Waals surface area contributed by atoms with Crippen LogP contribution in [0.2, 0.25) is 5.15 Å².